The number of benzene rings is 1. The number of rotatable bonds is 6. The first-order valence-corrected chi connectivity index (χ1v) is 7.45. The molecule has 1 aliphatic carbocycles. The van der Waals surface area contributed by atoms with Gasteiger partial charge in [-0.3, -0.25) is 0 Å². The standard InChI is InChI=1S/C16H25NO3/c1-3-20-15-9-8-12(10-16(15)19-2)11-17-13-6-4-5-7-14(13)18/h8-10,13-14,17-18H,3-7,11H2,1-2H3/t13-,14+/m0/s1. The molecule has 1 saturated carbocycles. The van der Waals surface area contributed by atoms with Crippen molar-refractivity contribution in [3.8, 4) is 11.5 Å². The molecule has 0 heterocycles. The Kier molecular flexibility index (Phi) is 5.68. The molecule has 2 rings (SSSR count). The zero-order valence-electron chi connectivity index (χ0n) is 12.4. The second-order valence-corrected chi connectivity index (χ2v) is 5.26. The van der Waals surface area contributed by atoms with Crippen molar-refractivity contribution in [1.29, 1.82) is 0 Å². The van der Waals surface area contributed by atoms with Crippen molar-refractivity contribution in [2.45, 2.75) is 51.3 Å². The summed E-state index contributed by atoms with van der Waals surface area (Å²) in [5.74, 6) is 1.53. The maximum atomic E-state index is 9.95. The van der Waals surface area contributed by atoms with Gasteiger partial charge in [0.1, 0.15) is 0 Å². The van der Waals surface area contributed by atoms with Crippen molar-refractivity contribution in [3.05, 3.63) is 23.8 Å². The van der Waals surface area contributed by atoms with Crippen LogP contribution in [-0.2, 0) is 6.54 Å². The minimum atomic E-state index is -0.214. The minimum Gasteiger partial charge on any atom is -0.493 e. The van der Waals surface area contributed by atoms with Gasteiger partial charge >= 0.3 is 0 Å². The van der Waals surface area contributed by atoms with Gasteiger partial charge in [0.15, 0.2) is 11.5 Å². The lowest BCUT2D eigenvalue weighted by atomic mass is 9.92. The molecule has 1 fully saturated rings. The molecule has 0 saturated heterocycles. The summed E-state index contributed by atoms with van der Waals surface area (Å²) in [6, 6.07) is 6.18. The number of nitrogens with one attached hydrogen (secondary N) is 1. The normalized spacial score (nSPS) is 22.6. The summed E-state index contributed by atoms with van der Waals surface area (Å²) in [4.78, 5) is 0. The quantitative estimate of drug-likeness (QED) is 0.840. The van der Waals surface area contributed by atoms with Crippen LogP contribution in [0.3, 0.4) is 0 Å². The van der Waals surface area contributed by atoms with Crippen molar-refractivity contribution in [1.82, 2.24) is 5.32 Å². The van der Waals surface area contributed by atoms with E-state index >= 15 is 0 Å². The molecule has 0 bridgehead atoms. The van der Waals surface area contributed by atoms with E-state index in [0.29, 0.717) is 6.61 Å². The Morgan fingerprint density at radius 3 is 2.75 bits per heavy atom. The van der Waals surface area contributed by atoms with Crippen molar-refractivity contribution < 1.29 is 14.6 Å². The van der Waals surface area contributed by atoms with Crippen molar-refractivity contribution >= 4 is 0 Å². The fraction of sp³-hybridized carbons (Fsp3) is 0.625. The Labute approximate surface area is 121 Å². The molecule has 112 valence electrons. The van der Waals surface area contributed by atoms with E-state index in [9.17, 15) is 5.11 Å². The van der Waals surface area contributed by atoms with Crippen LogP contribution in [0.1, 0.15) is 38.2 Å². The first kappa shape index (κ1) is 15.1. The molecule has 20 heavy (non-hydrogen) atoms. The summed E-state index contributed by atoms with van der Waals surface area (Å²) in [5.41, 5.74) is 1.14. The third-order valence-corrected chi connectivity index (χ3v) is 3.83. The maximum Gasteiger partial charge on any atom is 0.161 e. The molecule has 0 aliphatic heterocycles. The highest BCUT2D eigenvalue weighted by atomic mass is 16.5. The molecule has 0 unspecified atom stereocenters. The van der Waals surface area contributed by atoms with Crippen molar-refractivity contribution in [2.75, 3.05) is 13.7 Å². The number of methoxy groups -OCH3 is 1. The van der Waals surface area contributed by atoms with Crippen molar-refractivity contribution in [2.24, 2.45) is 0 Å². The Hall–Kier alpha value is -1.26. The van der Waals surface area contributed by atoms with Gasteiger partial charge in [-0.2, -0.15) is 0 Å². The first-order valence-electron chi connectivity index (χ1n) is 7.45. The Balaban J connectivity index is 1.95. The Morgan fingerprint density at radius 1 is 1.25 bits per heavy atom. The number of aliphatic hydroxyl groups is 1. The highest BCUT2D eigenvalue weighted by Crippen LogP contribution is 2.28. The fourth-order valence-corrected chi connectivity index (χ4v) is 2.70. The number of hydrogen-bond donors (Lipinski definition) is 2. The number of aliphatic hydroxyl groups excluding tert-OH is 1. The van der Waals surface area contributed by atoms with E-state index in [1.165, 1.54) is 6.42 Å². The van der Waals surface area contributed by atoms with Gasteiger partial charge < -0.3 is 19.9 Å². The van der Waals surface area contributed by atoms with Crippen LogP contribution in [0.25, 0.3) is 0 Å². The summed E-state index contributed by atoms with van der Waals surface area (Å²) >= 11 is 0. The van der Waals surface area contributed by atoms with E-state index in [1.54, 1.807) is 7.11 Å². The van der Waals surface area contributed by atoms with Gasteiger partial charge in [0.2, 0.25) is 0 Å². The topological polar surface area (TPSA) is 50.7 Å². The van der Waals surface area contributed by atoms with Crippen LogP contribution in [0, 0.1) is 0 Å². The van der Waals surface area contributed by atoms with E-state index in [-0.39, 0.29) is 12.1 Å². The van der Waals surface area contributed by atoms with Crippen LogP contribution >= 0.6 is 0 Å². The summed E-state index contributed by atoms with van der Waals surface area (Å²) < 4.78 is 10.9. The van der Waals surface area contributed by atoms with Crippen LogP contribution in [0.15, 0.2) is 18.2 Å². The molecule has 1 aliphatic rings. The lowest BCUT2D eigenvalue weighted by Gasteiger charge is -2.28. The predicted octanol–water partition coefficient (Wildman–Crippen LogP) is 2.49. The monoisotopic (exact) mass is 279 g/mol. The average Bonchev–Trinajstić information content (AvgIpc) is 2.48. The summed E-state index contributed by atoms with van der Waals surface area (Å²) in [6.07, 6.45) is 4.07. The SMILES string of the molecule is CCOc1ccc(CN[C@H]2CCCC[C@H]2O)cc1OC. The lowest BCUT2D eigenvalue weighted by Crippen LogP contribution is -2.41. The largest absolute Gasteiger partial charge is 0.493 e. The summed E-state index contributed by atoms with van der Waals surface area (Å²) in [7, 11) is 1.65. The summed E-state index contributed by atoms with van der Waals surface area (Å²) in [5, 5.41) is 13.4. The first-order chi connectivity index (χ1) is 9.74. The molecular weight excluding hydrogens is 254 g/mol. The van der Waals surface area contributed by atoms with Gasteiger partial charge in [0.05, 0.1) is 19.8 Å². The Morgan fingerprint density at radius 2 is 2.05 bits per heavy atom. The van der Waals surface area contributed by atoms with Gasteiger partial charge in [0, 0.05) is 12.6 Å². The van der Waals surface area contributed by atoms with E-state index < -0.39 is 0 Å². The number of ether oxygens (including phenoxy) is 2. The van der Waals surface area contributed by atoms with Gasteiger partial charge in [-0.1, -0.05) is 18.9 Å². The summed E-state index contributed by atoms with van der Waals surface area (Å²) in [6.45, 7) is 3.33. The molecular formula is C16H25NO3. The molecule has 0 spiro atoms. The molecule has 0 aromatic heterocycles. The predicted molar refractivity (Wildman–Crippen MR) is 79.3 cm³/mol. The second kappa shape index (κ2) is 7.50. The Bertz CT molecular complexity index is 422. The van der Waals surface area contributed by atoms with Crippen molar-refractivity contribution in [3.63, 3.8) is 0 Å². The van der Waals surface area contributed by atoms with E-state index in [2.05, 4.69) is 5.32 Å². The smallest absolute Gasteiger partial charge is 0.161 e. The van der Waals surface area contributed by atoms with E-state index in [0.717, 1.165) is 42.9 Å². The van der Waals surface area contributed by atoms with Crippen LogP contribution < -0.4 is 14.8 Å². The van der Waals surface area contributed by atoms with Gasteiger partial charge in [0.25, 0.3) is 0 Å². The fourth-order valence-electron chi connectivity index (χ4n) is 2.70. The van der Waals surface area contributed by atoms with E-state index in [4.69, 9.17) is 9.47 Å². The molecule has 0 amide bonds. The number of hydrogen-bond acceptors (Lipinski definition) is 4. The zero-order valence-corrected chi connectivity index (χ0v) is 12.4. The van der Waals surface area contributed by atoms with Crippen LogP contribution in [0.2, 0.25) is 0 Å². The molecule has 2 N–H and O–H groups in total. The lowest BCUT2D eigenvalue weighted by molar-refractivity contribution is 0.0902. The van der Waals surface area contributed by atoms with Crippen LogP contribution in [0.4, 0.5) is 0 Å². The third kappa shape index (κ3) is 3.87. The molecule has 4 nitrogen and oxygen atoms in total. The van der Waals surface area contributed by atoms with Gasteiger partial charge in [-0.05, 0) is 37.5 Å². The highest BCUT2D eigenvalue weighted by Gasteiger charge is 2.22. The molecule has 1 aromatic rings. The van der Waals surface area contributed by atoms with Gasteiger partial charge in [-0.25, -0.2) is 0 Å². The maximum absolute atomic E-state index is 9.95. The molecule has 0 radical (unpaired) electrons. The molecule has 4 heteroatoms. The van der Waals surface area contributed by atoms with E-state index in [1.807, 2.05) is 25.1 Å². The third-order valence-electron chi connectivity index (χ3n) is 3.83. The molecule has 2 atom stereocenters. The zero-order chi connectivity index (χ0) is 14.4. The molecule has 1 aromatic carbocycles. The second-order valence-electron chi connectivity index (χ2n) is 5.26. The average molecular weight is 279 g/mol. The van der Waals surface area contributed by atoms with Gasteiger partial charge in [-0.15, -0.1) is 0 Å². The van der Waals surface area contributed by atoms with Crippen LogP contribution in [0.5, 0.6) is 11.5 Å². The van der Waals surface area contributed by atoms with Crippen LogP contribution in [-0.4, -0.2) is 31.0 Å². The minimum absolute atomic E-state index is 0.210. The highest BCUT2D eigenvalue weighted by molar-refractivity contribution is 5.42.